The molecule has 130 valence electrons. The molecular formula is C15H23BrIN3O2S. The smallest absolute Gasteiger partial charge is 0.231 e. The van der Waals surface area contributed by atoms with E-state index in [1.54, 1.807) is 7.05 Å². The van der Waals surface area contributed by atoms with Gasteiger partial charge in [0.1, 0.15) is 0 Å². The molecule has 1 aromatic rings. The minimum atomic E-state index is 0. The zero-order valence-electron chi connectivity index (χ0n) is 13.7. The molecule has 0 fully saturated rings. The van der Waals surface area contributed by atoms with E-state index in [0.717, 1.165) is 34.0 Å². The summed E-state index contributed by atoms with van der Waals surface area (Å²) in [7, 11) is 1.77. The van der Waals surface area contributed by atoms with Crippen molar-refractivity contribution in [2.75, 3.05) is 26.6 Å². The summed E-state index contributed by atoms with van der Waals surface area (Å²) in [6.45, 7) is 6.19. The number of benzene rings is 1. The quantitative estimate of drug-likeness (QED) is 0.356. The highest BCUT2D eigenvalue weighted by Gasteiger charge is 2.18. The maximum absolute atomic E-state index is 5.43. The van der Waals surface area contributed by atoms with Gasteiger partial charge in [-0.1, -0.05) is 0 Å². The summed E-state index contributed by atoms with van der Waals surface area (Å²) in [5, 5.41) is 6.66. The fourth-order valence-electron chi connectivity index (χ4n) is 1.90. The first-order valence-corrected chi connectivity index (χ1v) is 9.04. The molecular weight excluding hydrogens is 493 g/mol. The van der Waals surface area contributed by atoms with Crippen LogP contribution >= 0.6 is 51.7 Å². The van der Waals surface area contributed by atoms with E-state index in [-0.39, 0.29) is 35.5 Å². The lowest BCUT2D eigenvalue weighted by Gasteiger charge is -2.23. The molecule has 0 aliphatic carbocycles. The lowest BCUT2D eigenvalue weighted by molar-refractivity contribution is 0.173. The fraction of sp³-hybridized carbons (Fsp3) is 0.533. The molecule has 0 bridgehead atoms. The predicted octanol–water partition coefficient (Wildman–Crippen LogP) is 3.60. The summed E-state index contributed by atoms with van der Waals surface area (Å²) in [5.41, 5.74) is 1.10. The molecule has 0 atom stereocenters. The normalized spacial score (nSPS) is 13.5. The van der Waals surface area contributed by atoms with Gasteiger partial charge in [0.2, 0.25) is 6.79 Å². The van der Waals surface area contributed by atoms with Gasteiger partial charge >= 0.3 is 0 Å². The van der Waals surface area contributed by atoms with Crippen LogP contribution in [0.3, 0.4) is 0 Å². The van der Waals surface area contributed by atoms with Gasteiger partial charge in [-0.15, -0.1) is 24.0 Å². The van der Waals surface area contributed by atoms with Gasteiger partial charge in [0.25, 0.3) is 0 Å². The summed E-state index contributed by atoms with van der Waals surface area (Å²) in [6, 6.07) is 4.01. The molecule has 0 unspecified atom stereocenters. The first kappa shape index (κ1) is 20.7. The minimum Gasteiger partial charge on any atom is -0.454 e. The highest BCUT2D eigenvalue weighted by Crippen LogP contribution is 2.39. The Morgan fingerprint density at radius 3 is 2.74 bits per heavy atom. The monoisotopic (exact) mass is 515 g/mol. The van der Waals surface area contributed by atoms with Gasteiger partial charge in [-0.25, -0.2) is 0 Å². The second-order valence-electron chi connectivity index (χ2n) is 5.55. The van der Waals surface area contributed by atoms with Crippen LogP contribution in [-0.2, 0) is 6.54 Å². The number of nitrogens with zero attached hydrogens (tertiary/aromatic N) is 1. The lowest BCUT2D eigenvalue weighted by Crippen LogP contribution is -2.42. The van der Waals surface area contributed by atoms with Crippen molar-refractivity contribution in [1.29, 1.82) is 0 Å². The third-order valence-electron chi connectivity index (χ3n) is 3.40. The Labute approximate surface area is 167 Å². The number of guanidine groups is 1. The van der Waals surface area contributed by atoms with E-state index < -0.39 is 0 Å². The van der Waals surface area contributed by atoms with Crippen LogP contribution in [0.2, 0.25) is 0 Å². The number of aliphatic imine (C=N–C) groups is 1. The van der Waals surface area contributed by atoms with Crippen LogP contribution in [0.15, 0.2) is 21.6 Å². The second-order valence-corrected chi connectivity index (χ2v) is 7.92. The Bertz CT molecular complexity index is 570. The van der Waals surface area contributed by atoms with Gasteiger partial charge in [-0.05, 0) is 53.7 Å². The molecule has 2 rings (SSSR count). The number of thioether (sulfide) groups is 1. The largest absolute Gasteiger partial charge is 0.454 e. The summed E-state index contributed by atoms with van der Waals surface area (Å²) >= 11 is 5.33. The van der Waals surface area contributed by atoms with Crippen molar-refractivity contribution < 1.29 is 9.47 Å². The molecule has 0 spiro atoms. The molecule has 1 aromatic carbocycles. The Kier molecular flexibility index (Phi) is 8.29. The van der Waals surface area contributed by atoms with E-state index in [4.69, 9.17) is 9.47 Å². The van der Waals surface area contributed by atoms with Crippen molar-refractivity contribution >= 4 is 57.6 Å². The SMILES string of the molecule is CN=C(NCc1cc(Br)c2c(c1)OCO2)NCC(C)(C)SC.I. The van der Waals surface area contributed by atoms with Crippen molar-refractivity contribution in [2.24, 2.45) is 4.99 Å². The average molecular weight is 516 g/mol. The van der Waals surface area contributed by atoms with Crippen LogP contribution < -0.4 is 20.1 Å². The number of hydrogen-bond acceptors (Lipinski definition) is 4. The van der Waals surface area contributed by atoms with Gasteiger partial charge in [0, 0.05) is 24.9 Å². The van der Waals surface area contributed by atoms with E-state index in [1.165, 1.54) is 0 Å². The van der Waals surface area contributed by atoms with Crippen LogP contribution in [0.4, 0.5) is 0 Å². The van der Waals surface area contributed by atoms with Gasteiger partial charge in [0.15, 0.2) is 17.5 Å². The molecule has 8 heteroatoms. The number of fused-ring (bicyclic) bond motifs is 1. The highest BCUT2D eigenvalue weighted by atomic mass is 127. The molecule has 1 aliphatic rings. The van der Waals surface area contributed by atoms with Crippen LogP contribution in [0.5, 0.6) is 11.5 Å². The zero-order chi connectivity index (χ0) is 16.2. The average Bonchev–Trinajstić information content (AvgIpc) is 2.96. The highest BCUT2D eigenvalue weighted by molar-refractivity contribution is 14.0. The van der Waals surface area contributed by atoms with E-state index in [2.05, 4.69) is 51.7 Å². The molecule has 1 heterocycles. The lowest BCUT2D eigenvalue weighted by atomic mass is 10.2. The molecule has 0 saturated carbocycles. The fourth-order valence-corrected chi connectivity index (χ4v) is 2.72. The number of nitrogens with one attached hydrogen (secondary N) is 2. The van der Waals surface area contributed by atoms with Crippen LogP contribution in [-0.4, -0.2) is 37.3 Å². The summed E-state index contributed by atoms with van der Waals surface area (Å²) in [4.78, 5) is 4.25. The molecule has 2 N–H and O–H groups in total. The number of rotatable bonds is 5. The standard InChI is InChI=1S/C15H22BrN3O2S.HI/c1-15(2,22-4)8-19-14(17-3)18-7-10-5-11(16)13-12(6-10)20-9-21-13;/h5-6H,7-9H2,1-4H3,(H2,17,18,19);1H. The summed E-state index contributed by atoms with van der Waals surface area (Å²) in [5.74, 6) is 2.33. The molecule has 1 aliphatic heterocycles. The predicted molar refractivity (Wildman–Crippen MR) is 111 cm³/mol. The topological polar surface area (TPSA) is 54.9 Å². The molecule has 0 amide bonds. The van der Waals surface area contributed by atoms with Crippen LogP contribution in [0, 0.1) is 0 Å². The van der Waals surface area contributed by atoms with Crippen LogP contribution in [0.1, 0.15) is 19.4 Å². The maximum Gasteiger partial charge on any atom is 0.231 e. The molecule has 23 heavy (non-hydrogen) atoms. The molecule has 0 aromatic heterocycles. The molecule has 5 nitrogen and oxygen atoms in total. The first-order valence-electron chi connectivity index (χ1n) is 7.03. The zero-order valence-corrected chi connectivity index (χ0v) is 18.5. The summed E-state index contributed by atoms with van der Waals surface area (Å²) in [6.07, 6.45) is 2.11. The van der Waals surface area contributed by atoms with Crippen molar-refractivity contribution in [3.8, 4) is 11.5 Å². The minimum absolute atomic E-state index is 0. The van der Waals surface area contributed by atoms with E-state index in [0.29, 0.717) is 6.54 Å². The van der Waals surface area contributed by atoms with Gasteiger partial charge in [-0.2, -0.15) is 11.8 Å². The van der Waals surface area contributed by atoms with E-state index >= 15 is 0 Å². The summed E-state index contributed by atoms with van der Waals surface area (Å²) < 4.78 is 11.9. The number of hydrogen-bond donors (Lipinski definition) is 2. The Hall–Kier alpha value is -0.350. The Morgan fingerprint density at radius 1 is 1.35 bits per heavy atom. The molecule has 0 radical (unpaired) electrons. The number of halogens is 2. The Morgan fingerprint density at radius 2 is 2.09 bits per heavy atom. The van der Waals surface area contributed by atoms with E-state index in [9.17, 15) is 0 Å². The molecule has 0 saturated heterocycles. The van der Waals surface area contributed by atoms with Gasteiger partial charge in [0.05, 0.1) is 4.47 Å². The van der Waals surface area contributed by atoms with Crippen molar-refractivity contribution in [2.45, 2.75) is 25.1 Å². The van der Waals surface area contributed by atoms with Gasteiger partial charge < -0.3 is 20.1 Å². The van der Waals surface area contributed by atoms with Gasteiger partial charge in [-0.3, -0.25) is 4.99 Å². The maximum atomic E-state index is 5.43. The van der Waals surface area contributed by atoms with Crippen molar-refractivity contribution in [3.05, 3.63) is 22.2 Å². The van der Waals surface area contributed by atoms with Crippen LogP contribution in [0.25, 0.3) is 0 Å². The third kappa shape index (κ3) is 5.90. The van der Waals surface area contributed by atoms with Crippen molar-refractivity contribution in [3.63, 3.8) is 0 Å². The first-order chi connectivity index (χ1) is 10.4. The third-order valence-corrected chi connectivity index (χ3v) is 5.24. The van der Waals surface area contributed by atoms with Crippen molar-refractivity contribution in [1.82, 2.24) is 10.6 Å². The number of ether oxygens (including phenoxy) is 2. The Balaban J connectivity index is 0.00000264. The van der Waals surface area contributed by atoms with E-state index in [1.807, 2.05) is 23.9 Å². The second kappa shape index (κ2) is 9.22.